The van der Waals surface area contributed by atoms with E-state index >= 15 is 0 Å². The Morgan fingerprint density at radius 1 is 0.514 bits per heavy atom. The molecule has 222 valence electrons. The number of unbranched alkanes of at least 4 members (excludes halogenated alkanes) is 22. The van der Waals surface area contributed by atoms with Gasteiger partial charge in [-0.25, -0.2) is 0 Å². The quantitative estimate of drug-likeness (QED) is 0.0751. The van der Waals surface area contributed by atoms with Gasteiger partial charge in [-0.2, -0.15) is 0 Å². The summed E-state index contributed by atoms with van der Waals surface area (Å²) in [4.78, 5) is 13.0. The van der Waals surface area contributed by atoms with Crippen LogP contribution in [0.15, 0.2) is 0 Å². The number of esters is 1. The molecule has 0 rings (SSSR count). The highest BCUT2D eigenvalue weighted by Gasteiger charge is 2.33. The SMILES string of the molecule is CCCCCCCCCCCCCCCNC(C)(CCCCCCCCCC)C(=O)OCCCCCC. The van der Waals surface area contributed by atoms with E-state index in [1.807, 2.05) is 0 Å². The first-order valence-corrected chi connectivity index (χ1v) is 17.0. The van der Waals surface area contributed by atoms with Crippen LogP contribution in [0.5, 0.6) is 0 Å². The predicted molar refractivity (Wildman–Crippen MR) is 164 cm³/mol. The number of carbonyl (C=O) groups is 1. The number of nitrogens with one attached hydrogen (secondary N) is 1. The Morgan fingerprint density at radius 3 is 1.30 bits per heavy atom. The highest BCUT2D eigenvalue weighted by molar-refractivity contribution is 5.80. The summed E-state index contributed by atoms with van der Waals surface area (Å²) in [6, 6.07) is 0. The van der Waals surface area contributed by atoms with Crippen molar-refractivity contribution in [1.29, 1.82) is 0 Å². The summed E-state index contributed by atoms with van der Waals surface area (Å²) >= 11 is 0. The van der Waals surface area contributed by atoms with E-state index in [0.29, 0.717) is 6.61 Å². The second-order valence-electron chi connectivity index (χ2n) is 11.9. The maximum Gasteiger partial charge on any atom is 0.326 e. The van der Waals surface area contributed by atoms with Gasteiger partial charge in [0.15, 0.2) is 0 Å². The molecular weight excluding hydrogens is 454 g/mol. The molecule has 0 aromatic rings. The zero-order chi connectivity index (χ0) is 27.3. The van der Waals surface area contributed by atoms with Gasteiger partial charge >= 0.3 is 5.97 Å². The van der Waals surface area contributed by atoms with E-state index in [0.717, 1.165) is 38.6 Å². The number of rotatable bonds is 30. The fourth-order valence-corrected chi connectivity index (χ4v) is 5.24. The van der Waals surface area contributed by atoms with Gasteiger partial charge in [0.05, 0.1) is 6.61 Å². The molecule has 1 unspecified atom stereocenters. The van der Waals surface area contributed by atoms with E-state index in [2.05, 4.69) is 33.0 Å². The predicted octanol–water partition coefficient (Wildman–Crippen LogP) is 11.1. The van der Waals surface area contributed by atoms with Crippen molar-refractivity contribution in [2.75, 3.05) is 13.2 Å². The van der Waals surface area contributed by atoms with Gasteiger partial charge in [-0.3, -0.25) is 4.79 Å². The minimum Gasteiger partial charge on any atom is -0.464 e. The molecule has 0 spiro atoms. The molecule has 0 aliphatic carbocycles. The molecule has 3 heteroatoms. The van der Waals surface area contributed by atoms with Crippen LogP contribution in [0.4, 0.5) is 0 Å². The monoisotopic (exact) mass is 524 g/mol. The molecule has 0 saturated heterocycles. The van der Waals surface area contributed by atoms with Crippen LogP contribution < -0.4 is 5.32 Å². The van der Waals surface area contributed by atoms with Crippen LogP contribution in [-0.2, 0) is 9.53 Å². The molecule has 0 aliphatic heterocycles. The van der Waals surface area contributed by atoms with E-state index in [4.69, 9.17) is 4.74 Å². The van der Waals surface area contributed by atoms with Crippen molar-refractivity contribution < 1.29 is 9.53 Å². The van der Waals surface area contributed by atoms with Gasteiger partial charge in [-0.15, -0.1) is 0 Å². The second kappa shape index (κ2) is 28.4. The van der Waals surface area contributed by atoms with Crippen LogP contribution in [0.25, 0.3) is 0 Å². The van der Waals surface area contributed by atoms with Crippen molar-refractivity contribution in [1.82, 2.24) is 5.32 Å². The molecule has 37 heavy (non-hydrogen) atoms. The molecule has 0 radical (unpaired) electrons. The van der Waals surface area contributed by atoms with Crippen molar-refractivity contribution in [2.45, 2.75) is 200 Å². The minimum absolute atomic E-state index is 0.0263. The maximum absolute atomic E-state index is 13.0. The number of hydrogen-bond acceptors (Lipinski definition) is 3. The van der Waals surface area contributed by atoms with Gasteiger partial charge in [0.25, 0.3) is 0 Å². The van der Waals surface area contributed by atoms with Gasteiger partial charge in [0.1, 0.15) is 5.54 Å². The number of ether oxygens (including phenoxy) is 1. The van der Waals surface area contributed by atoms with Crippen LogP contribution in [0, 0.1) is 0 Å². The third-order valence-corrected chi connectivity index (χ3v) is 8.01. The van der Waals surface area contributed by atoms with Crippen LogP contribution in [0.2, 0.25) is 0 Å². The van der Waals surface area contributed by atoms with Gasteiger partial charge in [0.2, 0.25) is 0 Å². The third kappa shape index (κ3) is 24.2. The van der Waals surface area contributed by atoms with Crippen LogP contribution >= 0.6 is 0 Å². The van der Waals surface area contributed by atoms with Crippen LogP contribution in [0.3, 0.4) is 0 Å². The summed E-state index contributed by atoms with van der Waals surface area (Å²) in [5.41, 5.74) is -0.524. The fraction of sp³-hybridized carbons (Fsp3) is 0.971. The van der Waals surface area contributed by atoms with Crippen LogP contribution in [-0.4, -0.2) is 24.7 Å². The first-order valence-electron chi connectivity index (χ1n) is 17.0. The van der Waals surface area contributed by atoms with Crippen molar-refractivity contribution in [3.8, 4) is 0 Å². The lowest BCUT2D eigenvalue weighted by atomic mass is 9.93. The normalized spacial score (nSPS) is 13.1. The third-order valence-electron chi connectivity index (χ3n) is 8.01. The molecule has 1 N–H and O–H groups in total. The number of hydrogen-bond donors (Lipinski definition) is 1. The lowest BCUT2D eigenvalue weighted by Gasteiger charge is -2.29. The van der Waals surface area contributed by atoms with E-state index in [1.54, 1.807) is 0 Å². The van der Waals surface area contributed by atoms with E-state index in [-0.39, 0.29) is 5.97 Å². The van der Waals surface area contributed by atoms with Gasteiger partial charge in [0, 0.05) is 0 Å². The standard InChI is InChI=1S/C34H69NO2/c1-5-8-11-14-16-18-19-20-21-22-24-26-28-31-35-34(4,33(36)37-32-29-13-10-7-3)30-27-25-23-17-15-12-9-6-2/h35H,5-32H2,1-4H3. The second-order valence-corrected chi connectivity index (χ2v) is 11.9. The Hall–Kier alpha value is -0.570. The Morgan fingerprint density at radius 2 is 0.865 bits per heavy atom. The molecule has 1 atom stereocenters. The summed E-state index contributed by atoms with van der Waals surface area (Å²) in [7, 11) is 0. The molecule has 0 saturated carbocycles. The average molecular weight is 524 g/mol. The highest BCUT2D eigenvalue weighted by Crippen LogP contribution is 2.20. The highest BCUT2D eigenvalue weighted by atomic mass is 16.5. The van der Waals surface area contributed by atoms with Gasteiger partial charge < -0.3 is 10.1 Å². The number of carbonyl (C=O) groups excluding carboxylic acids is 1. The first-order chi connectivity index (χ1) is 18.1. The summed E-state index contributed by atoms with van der Waals surface area (Å²) in [6.07, 6.45) is 33.7. The molecule has 0 heterocycles. The first kappa shape index (κ1) is 36.4. The zero-order valence-corrected chi connectivity index (χ0v) is 26.1. The molecule has 3 nitrogen and oxygen atoms in total. The van der Waals surface area contributed by atoms with Gasteiger partial charge in [-0.1, -0.05) is 168 Å². The molecule has 0 aromatic heterocycles. The summed E-state index contributed by atoms with van der Waals surface area (Å²) in [5.74, 6) is -0.0263. The lowest BCUT2D eigenvalue weighted by Crippen LogP contribution is -2.51. The van der Waals surface area contributed by atoms with Crippen molar-refractivity contribution in [3.05, 3.63) is 0 Å². The summed E-state index contributed by atoms with van der Waals surface area (Å²) in [6.45, 7) is 10.4. The molecule has 0 aromatic carbocycles. The Labute approximate surface area is 234 Å². The largest absolute Gasteiger partial charge is 0.464 e. The summed E-state index contributed by atoms with van der Waals surface area (Å²) in [5, 5.41) is 3.63. The molecule has 0 amide bonds. The van der Waals surface area contributed by atoms with E-state index in [9.17, 15) is 4.79 Å². The summed E-state index contributed by atoms with van der Waals surface area (Å²) < 4.78 is 5.74. The van der Waals surface area contributed by atoms with E-state index < -0.39 is 5.54 Å². The topological polar surface area (TPSA) is 38.3 Å². The maximum atomic E-state index is 13.0. The van der Waals surface area contributed by atoms with Crippen molar-refractivity contribution in [3.63, 3.8) is 0 Å². The Kier molecular flexibility index (Phi) is 28.0. The Bertz CT molecular complexity index is 467. The molecular formula is C34H69NO2. The van der Waals surface area contributed by atoms with Gasteiger partial charge in [-0.05, 0) is 32.7 Å². The Balaban J connectivity index is 4.08. The average Bonchev–Trinajstić information content (AvgIpc) is 2.90. The smallest absolute Gasteiger partial charge is 0.326 e. The van der Waals surface area contributed by atoms with Crippen molar-refractivity contribution in [2.24, 2.45) is 0 Å². The fourth-order valence-electron chi connectivity index (χ4n) is 5.24. The molecule has 0 bridgehead atoms. The molecule has 0 aliphatic rings. The lowest BCUT2D eigenvalue weighted by molar-refractivity contribution is -0.151. The van der Waals surface area contributed by atoms with E-state index in [1.165, 1.54) is 135 Å². The van der Waals surface area contributed by atoms with Crippen molar-refractivity contribution >= 4 is 5.97 Å². The minimum atomic E-state index is -0.524. The zero-order valence-electron chi connectivity index (χ0n) is 26.1. The van der Waals surface area contributed by atoms with Crippen LogP contribution in [0.1, 0.15) is 195 Å². The molecule has 0 fully saturated rings.